The van der Waals surface area contributed by atoms with Crippen LogP contribution in [0, 0.1) is 16.1 Å². The summed E-state index contributed by atoms with van der Waals surface area (Å²) < 4.78 is 3.02. The van der Waals surface area contributed by atoms with Gasteiger partial charge in [-0.05, 0) is 50.2 Å². The van der Waals surface area contributed by atoms with Gasteiger partial charge >= 0.3 is 0 Å². The van der Waals surface area contributed by atoms with E-state index in [1.165, 1.54) is 32.4 Å². The number of para-hydroxylation sites is 1. The summed E-state index contributed by atoms with van der Waals surface area (Å²) in [6.45, 7) is 2.39. The van der Waals surface area contributed by atoms with E-state index in [2.05, 4.69) is 26.6 Å². The van der Waals surface area contributed by atoms with Crippen molar-refractivity contribution in [2.45, 2.75) is 37.8 Å². The summed E-state index contributed by atoms with van der Waals surface area (Å²) in [5.74, 6) is 0. The van der Waals surface area contributed by atoms with Gasteiger partial charge in [-0.15, -0.1) is 0 Å². The molecular weight excluding hydrogens is 280 g/mol. The number of aromatic amines is 1. The van der Waals surface area contributed by atoms with Crippen LogP contribution in [0.4, 0.5) is 0 Å². The van der Waals surface area contributed by atoms with Gasteiger partial charge in [0.05, 0.1) is 22.6 Å². The van der Waals surface area contributed by atoms with Gasteiger partial charge in [0.15, 0.2) is 4.77 Å². The molecule has 0 bridgehead atoms. The Morgan fingerprint density at radius 3 is 2.95 bits per heavy atom. The van der Waals surface area contributed by atoms with Gasteiger partial charge in [-0.2, -0.15) is 5.26 Å². The smallest absolute Gasteiger partial charge is 0.178 e. The summed E-state index contributed by atoms with van der Waals surface area (Å²) in [6, 6.07) is 9.18. The molecule has 2 aliphatic heterocycles. The van der Waals surface area contributed by atoms with E-state index in [4.69, 9.17) is 12.2 Å². The van der Waals surface area contributed by atoms with Crippen LogP contribution in [0.15, 0.2) is 18.2 Å². The minimum Gasteiger partial charge on any atom is -0.329 e. The Labute approximate surface area is 129 Å². The number of nitrogens with zero attached hydrogens (tertiary/aromatic N) is 3. The van der Waals surface area contributed by atoms with Gasteiger partial charge in [0.2, 0.25) is 0 Å². The summed E-state index contributed by atoms with van der Waals surface area (Å²) >= 11 is 5.57. The molecule has 2 aromatic rings. The number of rotatable bonds is 1. The Hall–Kier alpha value is -1.64. The second kappa shape index (κ2) is 4.97. The van der Waals surface area contributed by atoms with Crippen molar-refractivity contribution in [1.29, 1.82) is 5.26 Å². The van der Waals surface area contributed by atoms with Crippen LogP contribution in [0.1, 0.15) is 37.3 Å². The number of aromatic nitrogens is 2. The predicted octanol–water partition coefficient (Wildman–Crippen LogP) is 3.37. The van der Waals surface area contributed by atoms with E-state index in [9.17, 15) is 5.26 Å². The number of benzene rings is 1. The maximum Gasteiger partial charge on any atom is 0.178 e. The fraction of sp³-hybridized carbons (Fsp3) is 0.500. The number of hydrogen-bond acceptors (Lipinski definition) is 3. The molecule has 4 rings (SSSR count). The highest BCUT2D eigenvalue weighted by Crippen LogP contribution is 2.37. The SMILES string of the molecule is N#Cc1cccc2c1[nH]c(=S)n2C1CCN2CCCCC12. The summed E-state index contributed by atoms with van der Waals surface area (Å²) in [7, 11) is 0. The van der Waals surface area contributed by atoms with Crippen molar-refractivity contribution >= 4 is 23.3 Å². The van der Waals surface area contributed by atoms with E-state index >= 15 is 0 Å². The van der Waals surface area contributed by atoms with Crippen LogP contribution in [-0.2, 0) is 0 Å². The molecule has 21 heavy (non-hydrogen) atoms. The first-order valence-electron chi connectivity index (χ1n) is 7.67. The molecule has 0 spiro atoms. The van der Waals surface area contributed by atoms with Crippen molar-refractivity contribution in [3.8, 4) is 6.07 Å². The lowest BCUT2D eigenvalue weighted by Gasteiger charge is -2.32. The van der Waals surface area contributed by atoms with Gasteiger partial charge < -0.3 is 9.55 Å². The highest BCUT2D eigenvalue weighted by molar-refractivity contribution is 7.71. The largest absolute Gasteiger partial charge is 0.329 e. The number of imidazole rings is 1. The molecule has 0 radical (unpaired) electrons. The molecular formula is C16H18N4S. The van der Waals surface area contributed by atoms with E-state index in [0.717, 1.165) is 22.2 Å². The molecule has 2 aliphatic rings. The molecule has 0 amide bonds. The number of nitrogens with one attached hydrogen (secondary N) is 1. The van der Waals surface area contributed by atoms with E-state index in [1.807, 2.05) is 12.1 Å². The molecule has 1 N–H and O–H groups in total. The molecule has 5 heteroatoms. The van der Waals surface area contributed by atoms with Crippen molar-refractivity contribution in [2.75, 3.05) is 13.1 Å². The molecule has 2 unspecified atom stereocenters. The highest BCUT2D eigenvalue weighted by atomic mass is 32.1. The van der Waals surface area contributed by atoms with Crippen molar-refractivity contribution in [2.24, 2.45) is 0 Å². The number of nitriles is 1. The topological polar surface area (TPSA) is 47.8 Å². The van der Waals surface area contributed by atoms with Gasteiger partial charge in [-0.3, -0.25) is 4.90 Å². The molecule has 3 heterocycles. The van der Waals surface area contributed by atoms with Crippen molar-refractivity contribution in [3.05, 3.63) is 28.5 Å². The van der Waals surface area contributed by atoms with Crippen molar-refractivity contribution in [1.82, 2.24) is 14.5 Å². The molecule has 1 aromatic carbocycles. The molecule has 108 valence electrons. The Bertz CT molecular complexity index is 782. The molecule has 2 saturated heterocycles. The third-order valence-electron chi connectivity index (χ3n) is 5.03. The predicted molar refractivity (Wildman–Crippen MR) is 84.7 cm³/mol. The summed E-state index contributed by atoms with van der Waals surface area (Å²) in [4.78, 5) is 5.87. The first kappa shape index (κ1) is 13.1. The lowest BCUT2D eigenvalue weighted by atomic mass is 9.99. The Kier molecular flexibility index (Phi) is 3.09. The molecule has 0 aliphatic carbocycles. The van der Waals surface area contributed by atoms with Crippen molar-refractivity contribution < 1.29 is 0 Å². The van der Waals surface area contributed by atoms with Gasteiger partial charge in [0, 0.05) is 12.6 Å². The second-order valence-corrected chi connectivity index (χ2v) is 6.45. The van der Waals surface area contributed by atoms with Crippen molar-refractivity contribution in [3.63, 3.8) is 0 Å². The minimum atomic E-state index is 0.445. The molecule has 1 aromatic heterocycles. The van der Waals surface area contributed by atoms with E-state index < -0.39 is 0 Å². The molecule has 2 atom stereocenters. The quantitative estimate of drug-likeness (QED) is 0.821. The van der Waals surface area contributed by atoms with E-state index in [0.29, 0.717) is 17.6 Å². The van der Waals surface area contributed by atoms with Crippen LogP contribution >= 0.6 is 12.2 Å². The lowest BCUT2D eigenvalue weighted by molar-refractivity contribution is 0.174. The average molecular weight is 298 g/mol. The Balaban J connectivity index is 1.86. The van der Waals surface area contributed by atoms with Gasteiger partial charge in [-0.1, -0.05) is 12.5 Å². The summed E-state index contributed by atoms with van der Waals surface area (Å²) in [5, 5.41) is 9.27. The van der Waals surface area contributed by atoms with Crippen LogP contribution in [0.5, 0.6) is 0 Å². The standard InChI is InChI=1S/C16H18N4S/c17-10-11-4-3-6-14-15(11)18-16(21)20(14)13-7-9-19-8-2-1-5-12(13)19/h3-4,6,12-13H,1-2,5,7-9H2,(H,18,21). The molecule has 0 saturated carbocycles. The van der Waals surface area contributed by atoms with Gasteiger partial charge in [0.1, 0.15) is 6.07 Å². The lowest BCUT2D eigenvalue weighted by Crippen LogP contribution is -2.37. The number of fused-ring (bicyclic) bond motifs is 2. The van der Waals surface area contributed by atoms with E-state index in [1.54, 1.807) is 0 Å². The first-order chi connectivity index (χ1) is 10.3. The van der Waals surface area contributed by atoms with Gasteiger partial charge in [0.25, 0.3) is 0 Å². The number of piperidine rings is 1. The monoisotopic (exact) mass is 298 g/mol. The van der Waals surface area contributed by atoms with Crippen LogP contribution in [0.3, 0.4) is 0 Å². The average Bonchev–Trinajstić information content (AvgIpc) is 3.06. The fourth-order valence-electron chi connectivity index (χ4n) is 4.09. The first-order valence-corrected chi connectivity index (χ1v) is 8.08. The highest BCUT2D eigenvalue weighted by Gasteiger charge is 2.37. The zero-order valence-electron chi connectivity index (χ0n) is 11.9. The zero-order chi connectivity index (χ0) is 14.4. The van der Waals surface area contributed by atoms with Crippen LogP contribution in [0.25, 0.3) is 11.0 Å². The zero-order valence-corrected chi connectivity index (χ0v) is 12.7. The molecule has 2 fully saturated rings. The summed E-state index contributed by atoms with van der Waals surface area (Å²) in [5.41, 5.74) is 2.64. The Morgan fingerprint density at radius 2 is 2.10 bits per heavy atom. The Morgan fingerprint density at radius 1 is 1.19 bits per heavy atom. The normalized spacial score (nSPS) is 25.9. The maximum atomic E-state index is 9.27. The number of H-pyrrole nitrogens is 1. The third-order valence-corrected chi connectivity index (χ3v) is 5.32. The maximum absolute atomic E-state index is 9.27. The van der Waals surface area contributed by atoms with Crippen LogP contribution in [-0.4, -0.2) is 33.6 Å². The summed E-state index contributed by atoms with van der Waals surface area (Å²) in [6.07, 6.45) is 5.05. The fourth-order valence-corrected chi connectivity index (χ4v) is 4.43. The second-order valence-electron chi connectivity index (χ2n) is 6.07. The van der Waals surface area contributed by atoms with E-state index in [-0.39, 0.29) is 0 Å². The van der Waals surface area contributed by atoms with Crippen LogP contribution < -0.4 is 0 Å². The third kappa shape index (κ3) is 1.94. The molecule has 4 nitrogen and oxygen atoms in total. The minimum absolute atomic E-state index is 0.445. The van der Waals surface area contributed by atoms with Gasteiger partial charge in [-0.25, -0.2) is 0 Å². The van der Waals surface area contributed by atoms with Crippen LogP contribution in [0.2, 0.25) is 0 Å². The number of hydrogen-bond donors (Lipinski definition) is 1.